The maximum Gasteiger partial charge on any atom is 0.191 e. The van der Waals surface area contributed by atoms with E-state index in [1.807, 2.05) is 23.1 Å². The Morgan fingerprint density at radius 2 is 2.03 bits per heavy atom. The summed E-state index contributed by atoms with van der Waals surface area (Å²) in [5.41, 5.74) is 1.28. The fraction of sp³-hybridized carbons (Fsp3) is 0.333. The van der Waals surface area contributed by atoms with Crippen molar-refractivity contribution in [3.8, 4) is 0 Å². The van der Waals surface area contributed by atoms with Gasteiger partial charge in [-0.1, -0.05) is 30.3 Å². The predicted molar refractivity (Wildman–Crippen MR) is 121 cm³/mol. The van der Waals surface area contributed by atoms with E-state index >= 15 is 0 Å². The number of benzene rings is 1. The van der Waals surface area contributed by atoms with Gasteiger partial charge in [0.15, 0.2) is 17.6 Å². The Morgan fingerprint density at radius 3 is 2.84 bits per heavy atom. The first-order valence-corrected chi connectivity index (χ1v) is 10.7. The number of aromatic nitrogens is 1. The Balaban J connectivity index is 1.34. The Bertz CT molecular complexity index is 961. The number of rotatable bonds is 8. The molecule has 0 bridgehead atoms. The van der Waals surface area contributed by atoms with Crippen LogP contribution in [0.25, 0.3) is 0 Å². The molecule has 1 aromatic carbocycles. The summed E-state index contributed by atoms with van der Waals surface area (Å²) < 4.78 is 19.5. The highest BCUT2D eigenvalue weighted by molar-refractivity contribution is 5.80. The zero-order valence-corrected chi connectivity index (χ0v) is 17.5. The first-order chi connectivity index (χ1) is 15.3. The van der Waals surface area contributed by atoms with Crippen molar-refractivity contribution < 1.29 is 8.81 Å². The lowest BCUT2D eigenvalue weighted by molar-refractivity contribution is 0.510. The normalized spacial score (nSPS) is 16.5. The maximum absolute atomic E-state index is 14.1. The number of pyridine rings is 1. The lowest BCUT2D eigenvalue weighted by atomic mass is 10.1. The van der Waals surface area contributed by atoms with Crippen LogP contribution in [0.1, 0.15) is 17.7 Å². The average molecular weight is 422 g/mol. The monoisotopic (exact) mass is 421 g/mol. The minimum absolute atomic E-state index is 0.174. The number of hydrogen-bond acceptors (Lipinski definition) is 4. The van der Waals surface area contributed by atoms with E-state index in [4.69, 9.17) is 9.41 Å². The van der Waals surface area contributed by atoms with Gasteiger partial charge in [0.25, 0.3) is 0 Å². The number of nitrogens with zero attached hydrogens (tertiary/aromatic N) is 3. The Morgan fingerprint density at radius 1 is 1.13 bits per heavy atom. The van der Waals surface area contributed by atoms with Gasteiger partial charge in [-0.3, -0.25) is 4.99 Å². The molecule has 1 aliphatic rings. The molecule has 6 nitrogen and oxygen atoms in total. The predicted octanol–water partition coefficient (Wildman–Crippen LogP) is 3.41. The van der Waals surface area contributed by atoms with E-state index in [9.17, 15) is 4.39 Å². The lowest BCUT2D eigenvalue weighted by Crippen LogP contribution is -2.45. The van der Waals surface area contributed by atoms with Crippen molar-refractivity contribution in [3.63, 3.8) is 0 Å². The molecule has 0 spiro atoms. The maximum atomic E-state index is 14.1. The topological polar surface area (TPSA) is 65.7 Å². The van der Waals surface area contributed by atoms with Crippen molar-refractivity contribution >= 4 is 11.8 Å². The fourth-order valence-corrected chi connectivity index (χ4v) is 3.73. The van der Waals surface area contributed by atoms with Gasteiger partial charge in [-0.15, -0.1) is 0 Å². The number of nitrogens with one attached hydrogen (secondary N) is 2. The Kier molecular flexibility index (Phi) is 7.16. The minimum atomic E-state index is -0.281. The van der Waals surface area contributed by atoms with Gasteiger partial charge < -0.3 is 20.0 Å². The molecule has 0 amide bonds. The molecule has 4 rings (SSSR count). The van der Waals surface area contributed by atoms with E-state index in [1.165, 1.54) is 11.6 Å². The summed E-state index contributed by atoms with van der Waals surface area (Å²) in [5, 5.41) is 6.96. The van der Waals surface area contributed by atoms with Gasteiger partial charge in [-0.25, -0.2) is 9.37 Å². The molecule has 1 unspecified atom stereocenters. The van der Waals surface area contributed by atoms with Crippen LogP contribution in [-0.4, -0.2) is 43.2 Å². The van der Waals surface area contributed by atoms with Crippen LogP contribution < -0.4 is 15.5 Å². The summed E-state index contributed by atoms with van der Waals surface area (Å²) in [5.74, 6) is 1.83. The van der Waals surface area contributed by atoms with Crippen LogP contribution in [0.15, 0.2) is 76.5 Å². The quantitative estimate of drug-likeness (QED) is 0.431. The van der Waals surface area contributed by atoms with Crippen molar-refractivity contribution in [2.24, 2.45) is 4.99 Å². The summed E-state index contributed by atoms with van der Waals surface area (Å²) in [7, 11) is 0. The molecule has 31 heavy (non-hydrogen) atoms. The molecule has 1 saturated heterocycles. The molecule has 3 heterocycles. The van der Waals surface area contributed by atoms with Crippen molar-refractivity contribution in [2.45, 2.75) is 25.3 Å². The molecule has 2 N–H and O–H groups in total. The van der Waals surface area contributed by atoms with Crippen molar-refractivity contribution in [1.29, 1.82) is 0 Å². The summed E-state index contributed by atoms with van der Waals surface area (Å²) in [6.45, 7) is 2.85. The first-order valence-electron chi connectivity index (χ1n) is 10.7. The number of hydrogen-bond donors (Lipinski definition) is 2. The largest absolute Gasteiger partial charge is 0.469 e. The number of halogens is 1. The Hall–Kier alpha value is -3.35. The van der Waals surface area contributed by atoms with E-state index in [-0.39, 0.29) is 11.9 Å². The van der Waals surface area contributed by atoms with E-state index in [0.29, 0.717) is 18.9 Å². The van der Waals surface area contributed by atoms with Crippen LogP contribution in [0.2, 0.25) is 0 Å². The molecule has 1 aliphatic heterocycles. The van der Waals surface area contributed by atoms with Crippen molar-refractivity contribution in [2.75, 3.05) is 31.1 Å². The van der Waals surface area contributed by atoms with Crippen LogP contribution in [0, 0.1) is 5.82 Å². The van der Waals surface area contributed by atoms with E-state index in [0.717, 1.165) is 44.1 Å². The molecule has 2 aromatic heterocycles. The van der Waals surface area contributed by atoms with Gasteiger partial charge in [0.05, 0.1) is 6.26 Å². The second-order valence-corrected chi connectivity index (χ2v) is 7.61. The summed E-state index contributed by atoms with van der Waals surface area (Å²) in [6.07, 6.45) is 5.86. The van der Waals surface area contributed by atoms with Gasteiger partial charge >= 0.3 is 0 Å². The third-order valence-corrected chi connectivity index (χ3v) is 5.32. The third kappa shape index (κ3) is 6.07. The second kappa shape index (κ2) is 10.6. The second-order valence-electron chi connectivity index (χ2n) is 7.61. The van der Waals surface area contributed by atoms with Gasteiger partial charge in [-0.05, 0) is 42.7 Å². The van der Waals surface area contributed by atoms with Crippen LogP contribution in [-0.2, 0) is 12.8 Å². The van der Waals surface area contributed by atoms with Crippen LogP contribution in [0.3, 0.4) is 0 Å². The summed E-state index contributed by atoms with van der Waals surface area (Å²) >= 11 is 0. The fourth-order valence-electron chi connectivity index (χ4n) is 3.73. The summed E-state index contributed by atoms with van der Waals surface area (Å²) in [4.78, 5) is 10.9. The number of guanidine groups is 1. The number of aliphatic imine (C=N–C) groups is 1. The molecule has 0 saturated carbocycles. The van der Waals surface area contributed by atoms with Gasteiger partial charge in [-0.2, -0.15) is 0 Å². The van der Waals surface area contributed by atoms with E-state index < -0.39 is 0 Å². The highest BCUT2D eigenvalue weighted by Gasteiger charge is 2.26. The lowest BCUT2D eigenvalue weighted by Gasteiger charge is -2.20. The molecule has 7 heteroatoms. The molecular formula is C24H28FN5O. The van der Waals surface area contributed by atoms with Gasteiger partial charge in [0.1, 0.15) is 5.76 Å². The van der Waals surface area contributed by atoms with Crippen LogP contribution >= 0.6 is 0 Å². The zero-order valence-electron chi connectivity index (χ0n) is 17.5. The zero-order chi connectivity index (χ0) is 21.3. The van der Waals surface area contributed by atoms with Gasteiger partial charge in [0.2, 0.25) is 0 Å². The van der Waals surface area contributed by atoms with Crippen LogP contribution in [0.4, 0.5) is 10.2 Å². The standard InChI is InChI=1S/C24H28FN5O/c25-22-9-4-13-26-23(22)30-16-12-20(18-30)29-24(28-15-11-21-8-5-17-31-21)27-14-10-19-6-2-1-3-7-19/h1-9,13,17,20H,10-12,14-16,18H2,(H2,27,28,29). The molecule has 3 aromatic rings. The SMILES string of the molecule is Fc1cccnc1N1CCC(NC(=NCCc2ccco2)NCCc2ccccc2)C1. The van der Waals surface area contributed by atoms with Gasteiger partial charge in [0, 0.05) is 44.8 Å². The van der Waals surface area contributed by atoms with E-state index in [2.05, 4.69) is 39.9 Å². The smallest absolute Gasteiger partial charge is 0.191 e. The molecule has 0 aliphatic carbocycles. The third-order valence-electron chi connectivity index (χ3n) is 5.32. The van der Waals surface area contributed by atoms with Crippen molar-refractivity contribution in [3.05, 3.63) is 84.2 Å². The highest BCUT2D eigenvalue weighted by Crippen LogP contribution is 2.20. The van der Waals surface area contributed by atoms with Crippen LogP contribution in [0.5, 0.6) is 0 Å². The molecular weight excluding hydrogens is 393 g/mol. The highest BCUT2D eigenvalue weighted by atomic mass is 19.1. The minimum Gasteiger partial charge on any atom is -0.469 e. The average Bonchev–Trinajstić information content (AvgIpc) is 3.47. The molecule has 1 fully saturated rings. The summed E-state index contributed by atoms with van der Waals surface area (Å²) in [6, 6.07) is 17.5. The van der Waals surface area contributed by atoms with E-state index in [1.54, 1.807) is 18.5 Å². The van der Waals surface area contributed by atoms with Crippen molar-refractivity contribution in [1.82, 2.24) is 15.6 Å². The number of furan rings is 1. The first kappa shape index (κ1) is 20.9. The molecule has 1 atom stereocenters. The molecule has 162 valence electrons. The number of anilines is 1. The molecule has 0 radical (unpaired) electrons. The Labute approximate surface area is 182 Å².